The molecular formula is C18H18N6O. The van der Waals surface area contributed by atoms with Crippen LogP contribution in [0.1, 0.15) is 15.9 Å². The standard InChI is InChI=1S/C18H18N6O/c1-12-7-6-8-13(11-12)15(25)21-18-23-16(19-2)22-17(24-18)20-14-9-4-3-5-10-14/h3-11H,1-2H3,(H3,19,20,21,22,23,24,25). The van der Waals surface area contributed by atoms with Gasteiger partial charge >= 0.3 is 0 Å². The zero-order valence-electron chi connectivity index (χ0n) is 13.9. The summed E-state index contributed by atoms with van der Waals surface area (Å²) in [5, 5.41) is 8.65. The van der Waals surface area contributed by atoms with Crippen LogP contribution >= 0.6 is 0 Å². The Balaban J connectivity index is 1.83. The average molecular weight is 334 g/mol. The Morgan fingerprint density at radius 3 is 2.32 bits per heavy atom. The summed E-state index contributed by atoms with van der Waals surface area (Å²) in [6, 6.07) is 16.8. The van der Waals surface area contributed by atoms with Crippen LogP contribution in [0.2, 0.25) is 0 Å². The number of aromatic nitrogens is 3. The summed E-state index contributed by atoms with van der Waals surface area (Å²) in [5.41, 5.74) is 2.39. The first kappa shape index (κ1) is 16.4. The van der Waals surface area contributed by atoms with Gasteiger partial charge in [-0.15, -0.1) is 0 Å². The summed E-state index contributed by atoms with van der Waals surface area (Å²) in [6.45, 7) is 1.93. The van der Waals surface area contributed by atoms with Gasteiger partial charge in [-0.3, -0.25) is 10.1 Å². The molecule has 0 aliphatic heterocycles. The number of para-hydroxylation sites is 1. The fraction of sp³-hybridized carbons (Fsp3) is 0.111. The lowest BCUT2D eigenvalue weighted by Gasteiger charge is -2.09. The van der Waals surface area contributed by atoms with E-state index in [-0.39, 0.29) is 11.9 Å². The number of aryl methyl sites for hydroxylation is 1. The average Bonchev–Trinajstić information content (AvgIpc) is 2.62. The van der Waals surface area contributed by atoms with E-state index in [2.05, 4.69) is 30.9 Å². The summed E-state index contributed by atoms with van der Waals surface area (Å²) in [4.78, 5) is 25.1. The monoisotopic (exact) mass is 334 g/mol. The number of rotatable bonds is 5. The number of hydrogen-bond donors (Lipinski definition) is 3. The van der Waals surface area contributed by atoms with E-state index in [0.29, 0.717) is 17.5 Å². The lowest BCUT2D eigenvalue weighted by atomic mass is 10.1. The van der Waals surface area contributed by atoms with E-state index in [1.807, 2.05) is 49.4 Å². The number of carbonyl (C=O) groups is 1. The van der Waals surface area contributed by atoms with Crippen LogP contribution in [0.4, 0.5) is 23.5 Å². The Morgan fingerprint density at radius 2 is 1.60 bits per heavy atom. The van der Waals surface area contributed by atoms with E-state index in [4.69, 9.17) is 0 Å². The molecule has 7 heteroatoms. The van der Waals surface area contributed by atoms with Crippen molar-refractivity contribution in [3.8, 4) is 0 Å². The summed E-state index contributed by atoms with van der Waals surface area (Å²) in [7, 11) is 1.70. The highest BCUT2D eigenvalue weighted by Gasteiger charge is 2.11. The van der Waals surface area contributed by atoms with E-state index in [1.165, 1.54) is 0 Å². The Labute approximate surface area is 145 Å². The second kappa shape index (κ2) is 7.39. The van der Waals surface area contributed by atoms with Gasteiger partial charge in [0.1, 0.15) is 0 Å². The molecule has 0 atom stereocenters. The predicted octanol–water partition coefficient (Wildman–Crippen LogP) is 3.22. The minimum absolute atomic E-state index is 0.171. The Kier molecular flexibility index (Phi) is 4.84. The van der Waals surface area contributed by atoms with Gasteiger partial charge in [0.25, 0.3) is 5.91 Å². The van der Waals surface area contributed by atoms with Crippen LogP contribution in [-0.2, 0) is 0 Å². The molecule has 1 amide bonds. The fourth-order valence-corrected chi connectivity index (χ4v) is 2.21. The highest BCUT2D eigenvalue weighted by atomic mass is 16.1. The Morgan fingerprint density at radius 1 is 0.880 bits per heavy atom. The molecule has 0 saturated carbocycles. The van der Waals surface area contributed by atoms with Gasteiger partial charge in [0.05, 0.1) is 0 Å². The van der Waals surface area contributed by atoms with Crippen molar-refractivity contribution in [1.82, 2.24) is 15.0 Å². The number of anilines is 4. The van der Waals surface area contributed by atoms with Crippen molar-refractivity contribution in [2.45, 2.75) is 6.92 Å². The third kappa shape index (κ3) is 4.29. The van der Waals surface area contributed by atoms with Crippen molar-refractivity contribution in [2.24, 2.45) is 0 Å². The second-order valence-corrected chi connectivity index (χ2v) is 5.37. The molecule has 0 saturated heterocycles. The molecule has 0 fully saturated rings. The molecule has 0 unspecified atom stereocenters. The van der Waals surface area contributed by atoms with Crippen molar-refractivity contribution in [2.75, 3.05) is 23.0 Å². The van der Waals surface area contributed by atoms with E-state index in [1.54, 1.807) is 19.2 Å². The highest BCUT2D eigenvalue weighted by molar-refractivity contribution is 6.03. The van der Waals surface area contributed by atoms with E-state index in [0.717, 1.165) is 11.3 Å². The van der Waals surface area contributed by atoms with Gasteiger partial charge in [0, 0.05) is 18.3 Å². The predicted molar refractivity (Wildman–Crippen MR) is 98.2 cm³/mol. The summed E-state index contributed by atoms with van der Waals surface area (Å²) in [6.07, 6.45) is 0. The second-order valence-electron chi connectivity index (χ2n) is 5.37. The Hall–Kier alpha value is -3.48. The number of hydrogen-bond acceptors (Lipinski definition) is 6. The van der Waals surface area contributed by atoms with Crippen molar-refractivity contribution in [3.05, 3.63) is 65.7 Å². The quantitative estimate of drug-likeness (QED) is 0.663. The zero-order chi connectivity index (χ0) is 17.6. The van der Waals surface area contributed by atoms with Crippen LogP contribution < -0.4 is 16.0 Å². The molecule has 3 rings (SSSR count). The smallest absolute Gasteiger partial charge is 0.258 e. The SMILES string of the molecule is CNc1nc(NC(=O)c2cccc(C)c2)nc(Nc2ccccc2)n1. The first-order valence-corrected chi connectivity index (χ1v) is 7.78. The number of carbonyl (C=O) groups excluding carboxylic acids is 1. The minimum Gasteiger partial charge on any atom is -0.357 e. The van der Waals surface area contributed by atoms with Gasteiger partial charge in [-0.1, -0.05) is 35.9 Å². The molecule has 1 aromatic heterocycles. The number of nitrogens with zero attached hydrogens (tertiary/aromatic N) is 3. The van der Waals surface area contributed by atoms with Crippen LogP contribution in [0.15, 0.2) is 54.6 Å². The molecular weight excluding hydrogens is 316 g/mol. The van der Waals surface area contributed by atoms with Crippen LogP contribution in [0.25, 0.3) is 0 Å². The molecule has 1 heterocycles. The van der Waals surface area contributed by atoms with Crippen LogP contribution in [-0.4, -0.2) is 27.9 Å². The largest absolute Gasteiger partial charge is 0.357 e. The minimum atomic E-state index is -0.275. The van der Waals surface area contributed by atoms with Gasteiger partial charge in [-0.25, -0.2) is 0 Å². The van der Waals surface area contributed by atoms with Crippen LogP contribution in [0.3, 0.4) is 0 Å². The molecule has 3 aromatic rings. The topological polar surface area (TPSA) is 91.8 Å². The van der Waals surface area contributed by atoms with Crippen LogP contribution in [0.5, 0.6) is 0 Å². The molecule has 3 N–H and O–H groups in total. The van der Waals surface area contributed by atoms with Crippen LogP contribution in [0, 0.1) is 6.92 Å². The van der Waals surface area contributed by atoms with E-state index < -0.39 is 0 Å². The van der Waals surface area contributed by atoms with Gasteiger partial charge in [0.15, 0.2) is 0 Å². The normalized spacial score (nSPS) is 10.2. The van der Waals surface area contributed by atoms with Gasteiger partial charge in [-0.05, 0) is 31.2 Å². The number of nitrogens with one attached hydrogen (secondary N) is 3. The number of amides is 1. The summed E-state index contributed by atoms with van der Waals surface area (Å²) < 4.78 is 0. The van der Waals surface area contributed by atoms with Crippen molar-refractivity contribution in [3.63, 3.8) is 0 Å². The lowest BCUT2D eigenvalue weighted by Crippen LogP contribution is -2.16. The van der Waals surface area contributed by atoms with E-state index >= 15 is 0 Å². The first-order valence-electron chi connectivity index (χ1n) is 7.78. The van der Waals surface area contributed by atoms with Gasteiger partial charge in [0.2, 0.25) is 17.8 Å². The molecule has 0 spiro atoms. The molecule has 0 aliphatic rings. The summed E-state index contributed by atoms with van der Waals surface area (Å²) >= 11 is 0. The van der Waals surface area contributed by atoms with Crippen molar-refractivity contribution in [1.29, 1.82) is 0 Å². The maximum absolute atomic E-state index is 12.4. The zero-order valence-corrected chi connectivity index (χ0v) is 13.9. The molecule has 0 radical (unpaired) electrons. The van der Waals surface area contributed by atoms with Crippen molar-refractivity contribution < 1.29 is 4.79 Å². The molecule has 7 nitrogen and oxygen atoms in total. The number of benzene rings is 2. The maximum atomic E-state index is 12.4. The molecule has 126 valence electrons. The molecule has 0 aliphatic carbocycles. The van der Waals surface area contributed by atoms with Gasteiger partial charge in [-0.2, -0.15) is 15.0 Å². The molecule has 0 bridgehead atoms. The summed E-state index contributed by atoms with van der Waals surface area (Å²) in [5.74, 6) is 0.588. The first-order chi connectivity index (χ1) is 12.1. The van der Waals surface area contributed by atoms with Crippen molar-refractivity contribution >= 4 is 29.4 Å². The van der Waals surface area contributed by atoms with Gasteiger partial charge < -0.3 is 10.6 Å². The lowest BCUT2D eigenvalue weighted by molar-refractivity contribution is 0.102. The maximum Gasteiger partial charge on any atom is 0.258 e. The third-order valence-electron chi connectivity index (χ3n) is 3.39. The Bertz CT molecular complexity index is 882. The highest BCUT2D eigenvalue weighted by Crippen LogP contribution is 2.16. The molecule has 25 heavy (non-hydrogen) atoms. The van der Waals surface area contributed by atoms with E-state index in [9.17, 15) is 4.79 Å². The molecule has 2 aromatic carbocycles. The fourth-order valence-electron chi connectivity index (χ4n) is 2.21. The third-order valence-corrected chi connectivity index (χ3v) is 3.39.